The Hall–Kier alpha value is 0.270. The molecule has 1 aliphatic heterocycles. The fraction of sp³-hybridized carbons (Fsp3) is 1.00. The molecule has 3 unspecified atom stereocenters. The molecule has 3 heteroatoms. The summed E-state index contributed by atoms with van der Waals surface area (Å²) in [5.74, 6) is 0. The van der Waals surface area contributed by atoms with Crippen LogP contribution in [0.5, 0.6) is 0 Å². The largest absolute Gasteiger partial charge is 0.313 e. The van der Waals surface area contributed by atoms with Crippen LogP contribution in [-0.4, -0.2) is 47.1 Å². The monoisotopic (exact) mass is 230 g/mol. The van der Waals surface area contributed by atoms with Crippen LogP contribution in [0.15, 0.2) is 0 Å². The van der Waals surface area contributed by atoms with Crippen LogP contribution < -0.4 is 5.32 Å². The van der Waals surface area contributed by atoms with Crippen molar-refractivity contribution in [1.29, 1.82) is 0 Å². The molecule has 0 aromatic carbocycles. The Morgan fingerprint density at radius 1 is 1.20 bits per heavy atom. The first-order valence-electron chi connectivity index (χ1n) is 6.12. The summed E-state index contributed by atoms with van der Waals surface area (Å²) in [6.45, 7) is 15.1. The van der Waals surface area contributed by atoms with Crippen molar-refractivity contribution in [2.24, 2.45) is 0 Å². The van der Waals surface area contributed by atoms with Crippen LogP contribution in [-0.2, 0) is 0 Å². The topological polar surface area (TPSA) is 15.3 Å². The molecule has 90 valence electrons. The van der Waals surface area contributed by atoms with E-state index in [-0.39, 0.29) is 0 Å². The fourth-order valence-corrected chi connectivity index (χ4v) is 3.46. The van der Waals surface area contributed by atoms with Gasteiger partial charge in [0.15, 0.2) is 0 Å². The molecule has 1 aliphatic rings. The molecule has 1 N–H and O–H groups in total. The summed E-state index contributed by atoms with van der Waals surface area (Å²) in [6, 6.07) is 1.26. The van der Waals surface area contributed by atoms with Gasteiger partial charge >= 0.3 is 0 Å². The molecule has 0 bridgehead atoms. The molecule has 0 aromatic rings. The third-order valence-electron chi connectivity index (χ3n) is 2.89. The fourth-order valence-electron chi connectivity index (χ4n) is 2.11. The second kappa shape index (κ2) is 6.12. The normalized spacial score (nSPS) is 30.8. The zero-order valence-corrected chi connectivity index (χ0v) is 11.6. The third kappa shape index (κ3) is 4.75. The van der Waals surface area contributed by atoms with E-state index < -0.39 is 0 Å². The van der Waals surface area contributed by atoms with Crippen molar-refractivity contribution in [3.05, 3.63) is 0 Å². The highest BCUT2D eigenvalue weighted by Crippen LogP contribution is 2.25. The summed E-state index contributed by atoms with van der Waals surface area (Å²) in [7, 11) is 0. The van der Waals surface area contributed by atoms with Crippen LogP contribution in [0.25, 0.3) is 0 Å². The van der Waals surface area contributed by atoms with Crippen LogP contribution in [0.3, 0.4) is 0 Å². The first kappa shape index (κ1) is 13.3. The number of nitrogens with zero attached hydrogens (tertiary/aromatic N) is 1. The van der Waals surface area contributed by atoms with Gasteiger partial charge in [-0.05, 0) is 6.92 Å². The molecule has 0 saturated carbocycles. The molecule has 15 heavy (non-hydrogen) atoms. The summed E-state index contributed by atoms with van der Waals surface area (Å²) in [5, 5.41) is 5.10. The highest BCUT2D eigenvalue weighted by atomic mass is 32.2. The van der Waals surface area contributed by atoms with Crippen molar-refractivity contribution in [3.8, 4) is 0 Å². The first-order valence-corrected chi connectivity index (χ1v) is 7.06. The molecule has 1 fully saturated rings. The maximum Gasteiger partial charge on any atom is 0.0193 e. The van der Waals surface area contributed by atoms with Crippen LogP contribution in [0.2, 0.25) is 0 Å². The predicted molar refractivity (Wildman–Crippen MR) is 70.7 cm³/mol. The van der Waals surface area contributed by atoms with Crippen molar-refractivity contribution in [2.45, 2.75) is 57.2 Å². The molecule has 3 atom stereocenters. The van der Waals surface area contributed by atoms with Crippen molar-refractivity contribution in [3.63, 3.8) is 0 Å². The van der Waals surface area contributed by atoms with Gasteiger partial charge in [-0.3, -0.25) is 4.90 Å². The molecule has 0 aliphatic carbocycles. The number of rotatable bonds is 4. The van der Waals surface area contributed by atoms with E-state index in [4.69, 9.17) is 0 Å². The molecule has 2 nitrogen and oxygen atoms in total. The second-order valence-electron chi connectivity index (χ2n) is 5.12. The van der Waals surface area contributed by atoms with Crippen molar-refractivity contribution in [2.75, 3.05) is 19.6 Å². The van der Waals surface area contributed by atoms with Crippen LogP contribution in [0.4, 0.5) is 0 Å². The standard InChI is InChI=1S/C12H26N2S/c1-9(2)13-6-10(3)14-7-11(4)15-12(5)8-14/h9-13H,6-8H2,1-5H3. The van der Waals surface area contributed by atoms with E-state index >= 15 is 0 Å². The van der Waals surface area contributed by atoms with Crippen LogP contribution in [0.1, 0.15) is 34.6 Å². The van der Waals surface area contributed by atoms with E-state index in [1.165, 1.54) is 13.1 Å². The Balaban J connectivity index is 2.34. The molecule has 0 aromatic heterocycles. The molecular formula is C12H26N2S. The molecule has 0 spiro atoms. The lowest BCUT2D eigenvalue weighted by Crippen LogP contribution is -2.49. The maximum atomic E-state index is 3.52. The van der Waals surface area contributed by atoms with Gasteiger partial charge in [0.25, 0.3) is 0 Å². The van der Waals surface area contributed by atoms with Crippen molar-refractivity contribution in [1.82, 2.24) is 10.2 Å². The lowest BCUT2D eigenvalue weighted by atomic mass is 10.2. The Kier molecular flexibility index (Phi) is 5.44. The third-order valence-corrected chi connectivity index (χ3v) is 4.12. The van der Waals surface area contributed by atoms with E-state index in [0.29, 0.717) is 12.1 Å². The molecular weight excluding hydrogens is 204 g/mol. The highest BCUT2D eigenvalue weighted by molar-refractivity contribution is 8.00. The number of thioether (sulfide) groups is 1. The molecule has 0 amide bonds. The zero-order valence-electron chi connectivity index (χ0n) is 10.8. The summed E-state index contributed by atoms with van der Waals surface area (Å²) < 4.78 is 0. The van der Waals surface area contributed by atoms with Gasteiger partial charge in [-0.25, -0.2) is 0 Å². The summed E-state index contributed by atoms with van der Waals surface area (Å²) in [5.41, 5.74) is 0. The van der Waals surface area contributed by atoms with Crippen molar-refractivity contribution >= 4 is 11.8 Å². The zero-order chi connectivity index (χ0) is 11.4. The lowest BCUT2D eigenvalue weighted by molar-refractivity contribution is 0.199. The van der Waals surface area contributed by atoms with Gasteiger partial charge in [0.2, 0.25) is 0 Å². The van der Waals surface area contributed by atoms with E-state index in [9.17, 15) is 0 Å². The van der Waals surface area contributed by atoms with Gasteiger partial charge in [0.05, 0.1) is 0 Å². The van der Waals surface area contributed by atoms with Gasteiger partial charge in [0.1, 0.15) is 0 Å². The summed E-state index contributed by atoms with van der Waals surface area (Å²) in [4.78, 5) is 2.63. The number of nitrogens with one attached hydrogen (secondary N) is 1. The highest BCUT2D eigenvalue weighted by Gasteiger charge is 2.25. The van der Waals surface area contributed by atoms with Gasteiger partial charge in [-0.15, -0.1) is 0 Å². The smallest absolute Gasteiger partial charge is 0.0193 e. The summed E-state index contributed by atoms with van der Waals surface area (Å²) >= 11 is 2.12. The SMILES string of the molecule is CC(C)NCC(C)N1CC(C)SC(C)C1. The Labute approximate surface area is 99.2 Å². The number of hydrogen-bond acceptors (Lipinski definition) is 3. The minimum Gasteiger partial charge on any atom is -0.313 e. The summed E-state index contributed by atoms with van der Waals surface area (Å²) in [6.07, 6.45) is 0. The van der Waals surface area contributed by atoms with E-state index in [1.807, 2.05) is 0 Å². The number of hydrogen-bond donors (Lipinski definition) is 1. The minimum absolute atomic E-state index is 0.599. The molecule has 1 saturated heterocycles. The van der Waals surface area contributed by atoms with Gasteiger partial charge in [-0.2, -0.15) is 11.8 Å². The minimum atomic E-state index is 0.599. The molecule has 1 heterocycles. The Morgan fingerprint density at radius 3 is 2.20 bits per heavy atom. The van der Waals surface area contributed by atoms with E-state index in [1.54, 1.807) is 0 Å². The van der Waals surface area contributed by atoms with Crippen LogP contribution >= 0.6 is 11.8 Å². The van der Waals surface area contributed by atoms with Gasteiger partial charge < -0.3 is 5.32 Å². The van der Waals surface area contributed by atoms with Crippen LogP contribution in [0, 0.1) is 0 Å². The van der Waals surface area contributed by atoms with Crippen molar-refractivity contribution < 1.29 is 0 Å². The Morgan fingerprint density at radius 2 is 1.73 bits per heavy atom. The lowest BCUT2D eigenvalue weighted by Gasteiger charge is -2.38. The average molecular weight is 230 g/mol. The Bertz CT molecular complexity index is 174. The van der Waals surface area contributed by atoms with Gasteiger partial charge in [0, 0.05) is 42.2 Å². The molecule has 0 radical (unpaired) electrons. The maximum absolute atomic E-state index is 3.52. The van der Waals surface area contributed by atoms with E-state index in [0.717, 1.165) is 17.0 Å². The van der Waals surface area contributed by atoms with Gasteiger partial charge in [-0.1, -0.05) is 27.7 Å². The van der Waals surface area contributed by atoms with E-state index in [2.05, 4.69) is 56.6 Å². The molecule has 1 rings (SSSR count). The second-order valence-corrected chi connectivity index (χ2v) is 7.00. The quantitative estimate of drug-likeness (QED) is 0.797. The predicted octanol–water partition coefficient (Wildman–Crippen LogP) is 2.20. The first-order chi connectivity index (χ1) is 6.99. The average Bonchev–Trinajstić information content (AvgIpc) is 2.12.